The highest BCUT2D eigenvalue weighted by molar-refractivity contribution is 6.06. The van der Waals surface area contributed by atoms with Crippen molar-refractivity contribution >= 4 is 40.1 Å². The normalized spacial score (nSPS) is 16.8. The average molecular weight is 544 g/mol. The van der Waals surface area contributed by atoms with Gasteiger partial charge in [-0.1, -0.05) is 12.1 Å². The summed E-state index contributed by atoms with van der Waals surface area (Å²) in [5, 5.41) is 7.52. The predicted molar refractivity (Wildman–Crippen MR) is 143 cm³/mol. The molecule has 1 saturated heterocycles. The highest BCUT2D eigenvalue weighted by atomic mass is 19.1. The first-order valence-electron chi connectivity index (χ1n) is 12.6. The molecular weight excluding hydrogens is 517 g/mol. The summed E-state index contributed by atoms with van der Waals surface area (Å²) < 4.78 is 15.9. The SMILES string of the molecule is CC(=O)c1cccc(NC(=O)[C@@H]2C[C@@H](F)CN2C(=O)Cn2nc(C(C)=O)c3cc(-c4cnc(C)nc4)ccc32)n1. The summed E-state index contributed by atoms with van der Waals surface area (Å²) in [7, 11) is 0. The van der Waals surface area contributed by atoms with Crippen LogP contribution in [0.15, 0.2) is 48.8 Å². The maximum atomic E-state index is 14.5. The average Bonchev–Trinajstić information content (AvgIpc) is 3.50. The number of nitrogens with zero attached hydrogens (tertiary/aromatic N) is 6. The smallest absolute Gasteiger partial charge is 0.248 e. The Hall–Kier alpha value is -4.87. The van der Waals surface area contributed by atoms with Gasteiger partial charge in [-0.15, -0.1) is 0 Å². The van der Waals surface area contributed by atoms with E-state index in [0.717, 1.165) is 11.1 Å². The molecule has 40 heavy (non-hydrogen) atoms. The van der Waals surface area contributed by atoms with Gasteiger partial charge >= 0.3 is 0 Å². The molecule has 5 rings (SSSR count). The van der Waals surface area contributed by atoms with Crippen LogP contribution in [0.5, 0.6) is 0 Å². The summed E-state index contributed by atoms with van der Waals surface area (Å²) in [5.41, 5.74) is 2.44. The lowest BCUT2D eigenvalue weighted by Gasteiger charge is -2.23. The number of likely N-dealkylation sites (tertiary alicyclic amines) is 1. The third-order valence-corrected chi connectivity index (χ3v) is 6.72. The highest BCUT2D eigenvalue weighted by Gasteiger charge is 2.40. The molecule has 1 fully saturated rings. The summed E-state index contributed by atoms with van der Waals surface area (Å²) in [6.07, 6.45) is 1.80. The zero-order valence-corrected chi connectivity index (χ0v) is 22.1. The van der Waals surface area contributed by atoms with Crippen LogP contribution in [0, 0.1) is 6.92 Å². The molecule has 2 atom stereocenters. The van der Waals surface area contributed by atoms with Gasteiger partial charge in [0.15, 0.2) is 11.6 Å². The number of amides is 2. The van der Waals surface area contributed by atoms with Gasteiger partial charge in [-0.25, -0.2) is 19.3 Å². The number of anilines is 1. The molecule has 0 bridgehead atoms. The molecule has 11 nitrogen and oxygen atoms in total. The summed E-state index contributed by atoms with van der Waals surface area (Å²) in [6.45, 7) is 3.97. The lowest BCUT2D eigenvalue weighted by molar-refractivity contribution is -0.137. The van der Waals surface area contributed by atoms with Crippen molar-refractivity contribution in [1.29, 1.82) is 0 Å². The minimum atomic E-state index is -1.39. The number of hydrogen-bond acceptors (Lipinski definition) is 8. The molecule has 12 heteroatoms. The zero-order valence-electron chi connectivity index (χ0n) is 22.1. The molecule has 0 spiro atoms. The number of rotatable bonds is 7. The number of fused-ring (bicyclic) bond motifs is 1. The molecule has 204 valence electrons. The number of alkyl halides is 1. The molecule has 0 unspecified atom stereocenters. The van der Waals surface area contributed by atoms with Crippen molar-refractivity contribution in [1.82, 2.24) is 29.6 Å². The van der Waals surface area contributed by atoms with E-state index in [1.807, 2.05) is 6.07 Å². The number of benzene rings is 1. The van der Waals surface area contributed by atoms with Gasteiger partial charge in [0, 0.05) is 43.6 Å². The Labute approximate surface area is 228 Å². The topological polar surface area (TPSA) is 140 Å². The number of aryl methyl sites for hydroxylation is 1. The van der Waals surface area contributed by atoms with Crippen molar-refractivity contribution in [3.8, 4) is 11.1 Å². The Morgan fingerprint density at radius 2 is 1.77 bits per heavy atom. The van der Waals surface area contributed by atoms with E-state index in [9.17, 15) is 23.6 Å². The molecule has 1 N–H and O–H groups in total. The van der Waals surface area contributed by atoms with Crippen LogP contribution < -0.4 is 5.32 Å². The van der Waals surface area contributed by atoms with Crippen molar-refractivity contribution in [2.45, 2.75) is 46.0 Å². The number of pyridine rings is 1. The van der Waals surface area contributed by atoms with E-state index in [1.165, 1.54) is 35.6 Å². The summed E-state index contributed by atoms with van der Waals surface area (Å²) in [6, 6.07) is 8.87. The number of carbonyl (C=O) groups is 4. The Bertz CT molecular complexity index is 1650. The Kier molecular flexibility index (Phi) is 7.16. The second-order valence-electron chi connectivity index (χ2n) is 9.66. The molecule has 1 aliphatic rings. The van der Waals surface area contributed by atoms with Crippen LogP contribution in [0.3, 0.4) is 0 Å². The number of Topliss-reactive ketones (excluding diaryl/α,β-unsaturated/α-hetero) is 2. The number of halogens is 1. The lowest BCUT2D eigenvalue weighted by atomic mass is 10.0. The van der Waals surface area contributed by atoms with Gasteiger partial charge < -0.3 is 10.2 Å². The maximum Gasteiger partial charge on any atom is 0.248 e. The Morgan fingerprint density at radius 3 is 2.48 bits per heavy atom. The highest BCUT2D eigenvalue weighted by Crippen LogP contribution is 2.28. The largest absolute Gasteiger partial charge is 0.326 e. The predicted octanol–water partition coefficient (Wildman–Crippen LogP) is 3.18. The number of aromatic nitrogens is 5. The molecule has 0 aliphatic carbocycles. The Balaban J connectivity index is 1.39. The summed E-state index contributed by atoms with van der Waals surface area (Å²) >= 11 is 0. The number of hydrogen-bond donors (Lipinski definition) is 1. The Morgan fingerprint density at radius 1 is 1.02 bits per heavy atom. The van der Waals surface area contributed by atoms with Gasteiger partial charge in [0.1, 0.15) is 41.8 Å². The molecule has 1 aliphatic heterocycles. The molecule has 3 aromatic heterocycles. The van der Waals surface area contributed by atoms with Crippen LogP contribution in [-0.4, -0.2) is 71.8 Å². The summed E-state index contributed by atoms with van der Waals surface area (Å²) in [5.74, 6) is -0.927. The first-order valence-corrected chi connectivity index (χ1v) is 12.6. The van der Waals surface area contributed by atoms with Crippen LogP contribution in [0.2, 0.25) is 0 Å². The van der Waals surface area contributed by atoms with Crippen molar-refractivity contribution in [2.24, 2.45) is 0 Å². The van der Waals surface area contributed by atoms with Gasteiger partial charge in [-0.3, -0.25) is 23.9 Å². The number of ketones is 2. The minimum Gasteiger partial charge on any atom is -0.326 e. The van der Waals surface area contributed by atoms with Gasteiger partial charge in [0.05, 0.1) is 12.1 Å². The van der Waals surface area contributed by atoms with Crippen molar-refractivity contribution in [2.75, 3.05) is 11.9 Å². The summed E-state index contributed by atoms with van der Waals surface area (Å²) in [4.78, 5) is 64.1. The van der Waals surface area contributed by atoms with Crippen molar-refractivity contribution in [3.63, 3.8) is 0 Å². The van der Waals surface area contributed by atoms with Crippen LogP contribution in [0.1, 0.15) is 47.1 Å². The fourth-order valence-electron chi connectivity index (χ4n) is 4.72. The van der Waals surface area contributed by atoms with E-state index in [1.54, 1.807) is 37.5 Å². The molecule has 4 aromatic rings. The van der Waals surface area contributed by atoms with Crippen molar-refractivity contribution in [3.05, 3.63) is 66.0 Å². The molecule has 4 heterocycles. The molecule has 0 radical (unpaired) electrons. The fourth-order valence-corrected chi connectivity index (χ4v) is 4.72. The van der Waals surface area contributed by atoms with E-state index >= 15 is 0 Å². The van der Waals surface area contributed by atoms with Crippen molar-refractivity contribution < 1.29 is 23.6 Å². The third kappa shape index (κ3) is 5.33. The number of carbonyl (C=O) groups excluding carboxylic acids is 4. The zero-order chi connectivity index (χ0) is 28.6. The molecule has 1 aromatic carbocycles. The lowest BCUT2D eigenvalue weighted by Crippen LogP contribution is -2.44. The fraction of sp³-hybridized carbons (Fsp3) is 0.286. The third-order valence-electron chi connectivity index (χ3n) is 6.72. The van der Waals surface area contributed by atoms with Gasteiger partial charge in [0.2, 0.25) is 11.8 Å². The second kappa shape index (κ2) is 10.7. The van der Waals surface area contributed by atoms with Gasteiger partial charge in [-0.2, -0.15) is 5.10 Å². The maximum absolute atomic E-state index is 14.5. The monoisotopic (exact) mass is 543 g/mol. The van der Waals surface area contributed by atoms with Gasteiger partial charge in [-0.05, 0) is 36.8 Å². The van der Waals surface area contributed by atoms with E-state index in [-0.39, 0.29) is 48.3 Å². The van der Waals surface area contributed by atoms with Crippen LogP contribution in [0.25, 0.3) is 22.0 Å². The first-order chi connectivity index (χ1) is 19.1. The standard InChI is InChI=1S/C28H26FN7O4/c1-15(37)22-5-4-6-25(32-22)33-28(40)24-10-20(29)13-35(24)26(39)14-36-23-8-7-18(19-11-30-17(3)31-12-19)9-21(23)27(34-36)16(2)38/h4-9,11-12,20,24H,10,13-14H2,1-3H3,(H,32,33,40)/t20-,24+/m1/s1. The van der Waals surface area contributed by atoms with E-state index in [0.29, 0.717) is 16.7 Å². The van der Waals surface area contributed by atoms with Crippen LogP contribution in [-0.2, 0) is 16.1 Å². The van der Waals surface area contributed by atoms with E-state index in [4.69, 9.17) is 0 Å². The van der Waals surface area contributed by atoms with Gasteiger partial charge in [0.25, 0.3) is 0 Å². The number of nitrogens with one attached hydrogen (secondary N) is 1. The molecule has 2 amide bonds. The first kappa shape index (κ1) is 26.7. The van der Waals surface area contributed by atoms with E-state index in [2.05, 4.69) is 25.4 Å². The molecule has 0 saturated carbocycles. The minimum absolute atomic E-state index is 0.131. The molecular formula is C28H26FN7O4. The van der Waals surface area contributed by atoms with Crippen LogP contribution in [0.4, 0.5) is 10.2 Å². The quantitative estimate of drug-likeness (QED) is 0.351. The van der Waals surface area contributed by atoms with Crippen LogP contribution >= 0.6 is 0 Å². The second-order valence-corrected chi connectivity index (χ2v) is 9.66. The van der Waals surface area contributed by atoms with E-state index < -0.39 is 24.0 Å².